The third kappa shape index (κ3) is 1.94. The molecule has 0 bridgehead atoms. The van der Waals surface area contributed by atoms with E-state index in [9.17, 15) is 0 Å². The number of imidazole rings is 1. The molecule has 5 nitrogen and oxygen atoms in total. The number of ether oxygens (including phenoxy) is 1. The molecule has 0 aliphatic heterocycles. The molecule has 6 heteroatoms. The molecule has 0 atom stereocenters. The van der Waals surface area contributed by atoms with Crippen molar-refractivity contribution in [1.29, 1.82) is 0 Å². The highest BCUT2D eigenvalue weighted by molar-refractivity contribution is 9.10. The Balaban J connectivity index is 2.28. The van der Waals surface area contributed by atoms with Crippen LogP contribution < -0.4 is 10.5 Å². The van der Waals surface area contributed by atoms with Crippen molar-refractivity contribution in [3.05, 3.63) is 41.3 Å². The minimum atomic E-state index is 0.564. The molecule has 0 spiro atoms. The first-order chi connectivity index (χ1) is 9.20. The zero-order chi connectivity index (χ0) is 13.4. The van der Waals surface area contributed by atoms with Crippen LogP contribution in [0.4, 0.5) is 5.82 Å². The molecule has 0 saturated heterocycles. The van der Waals surface area contributed by atoms with Crippen LogP contribution in [0.5, 0.6) is 5.75 Å². The predicted molar refractivity (Wildman–Crippen MR) is 77.1 cm³/mol. The van der Waals surface area contributed by atoms with E-state index in [1.54, 1.807) is 23.9 Å². The van der Waals surface area contributed by atoms with Crippen molar-refractivity contribution in [2.24, 2.45) is 0 Å². The maximum Gasteiger partial charge on any atom is 0.181 e. The molecule has 0 fully saturated rings. The number of nitrogen functional groups attached to an aromatic ring is 1. The third-order valence-electron chi connectivity index (χ3n) is 2.85. The van der Waals surface area contributed by atoms with Gasteiger partial charge in [-0.1, -0.05) is 0 Å². The summed E-state index contributed by atoms with van der Waals surface area (Å²) in [4.78, 5) is 8.68. The minimum absolute atomic E-state index is 0.564. The minimum Gasteiger partial charge on any atom is -0.493 e. The predicted octanol–water partition coefficient (Wildman–Crippen LogP) is 2.75. The number of fused-ring (bicyclic) bond motifs is 1. The molecule has 0 aliphatic rings. The van der Waals surface area contributed by atoms with Gasteiger partial charge < -0.3 is 10.5 Å². The molecule has 3 rings (SSSR count). The first-order valence-electron chi connectivity index (χ1n) is 5.62. The summed E-state index contributed by atoms with van der Waals surface area (Å²) in [6.45, 7) is 0. The van der Waals surface area contributed by atoms with Gasteiger partial charge in [0.1, 0.15) is 11.5 Å². The van der Waals surface area contributed by atoms with Crippen LogP contribution in [-0.4, -0.2) is 21.5 Å². The van der Waals surface area contributed by atoms with Crippen molar-refractivity contribution in [3.63, 3.8) is 0 Å². The van der Waals surface area contributed by atoms with Gasteiger partial charge in [0, 0.05) is 28.6 Å². The highest BCUT2D eigenvalue weighted by Crippen LogP contribution is 2.30. The van der Waals surface area contributed by atoms with Gasteiger partial charge in [-0.3, -0.25) is 9.38 Å². The number of nitrogens with zero attached hydrogens (tertiary/aromatic N) is 3. The van der Waals surface area contributed by atoms with E-state index in [0.717, 1.165) is 10.0 Å². The van der Waals surface area contributed by atoms with E-state index < -0.39 is 0 Å². The van der Waals surface area contributed by atoms with E-state index in [2.05, 4.69) is 25.9 Å². The summed E-state index contributed by atoms with van der Waals surface area (Å²) in [6, 6.07) is 5.65. The second kappa shape index (κ2) is 4.55. The summed E-state index contributed by atoms with van der Waals surface area (Å²) in [7, 11) is 1.61. The Kier molecular flexibility index (Phi) is 2.87. The summed E-state index contributed by atoms with van der Waals surface area (Å²) >= 11 is 3.39. The lowest BCUT2D eigenvalue weighted by Gasteiger charge is -2.01. The normalized spacial score (nSPS) is 10.8. The zero-order valence-corrected chi connectivity index (χ0v) is 11.8. The summed E-state index contributed by atoms with van der Waals surface area (Å²) < 4.78 is 7.98. The van der Waals surface area contributed by atoms with Crippen LogP contribution in [0, 0.1) is 0 Å². The molecule has 3 aromatic heterocycles. The van der Waals surface area contributed by atoms with E-state index >= 15 is 0 Å². The Morgan fingerprint density at radius 3 is 2.95 bits per heavy atom. The van der Waals surface area contributed by atoms with Crippen molar-refractivity contribution >= 4 is 27.4 Å². The number of hydrogen-bond donors (Lipinski definition) is 1. The number of hydrogen-bond acceptors (Lipinski definition) is 4. The average Bonchev–Trinajstić information content (AvgIpc) is 2.76. The van der Waals surface area contributed by atoms with Gasteiger partial charge in [-0.05, 0) is 34.1 Å². The summed E-state index contributed by atoms with van der Waals surface area (Å²) in [5.41, 5.74) is 8.39. The maximum atomic E-state index is 6.15. The molecule has 3 aromatic rings. The van der Waals surface area contributed by atoms with E-state index in [-0.39, 0.29) is 0 Å². The van der Waals surface area contributed by atoms with Crippen LogP contribution >= 0.6 is 15.9 Å². The van der Waals surface area contributed by atoms with Crippen molar-refractivity contribution in [3.8, 4) is 17.0 Å². The number of methoxy groups -OCH3 is 1. The van der Waals surface area contributed by atoms with Crippen molar-refractivity contribution in [2.45, 2.75) is 0 Å². The Morgan fingerprint density at radius 2 is 2.21 bits per heavy atom. The van der Waals surface area contributed by atoms with Crippen LogP contribution in [0.3, 0.4) is 0 Å². The monoisotopic (exact) mass is 318 g/mol. The summed E-state index contributed by atoms with van der Waals surface area (Å²) in [6.07, 6.45) is 5.31. The Hall–Kier alpha value is -2.08. The number of nitrogens with two attached hydrogens (primary N) is 1. The van der Waals surface area contributed by atoms with Crippen molar-refractivity contribution in [1.82, 2.24) is 14.4 Å². The molecule has 0 amide bonds. The van der Waals surface area contributed by atoms with Gasteiger partial charge in [0.2, 0.25) is 0 Å². The fraction of sp³-hybridized carbons (Fsp3) is 0.0769. The number of pyridine rings is 2. The smallest absolute Gasteiger partial charge is 0.181 e. The number of rotatable bonds is 2. The molecule has 0 aromatic carbocycles. The highest BCUT2D eigenvalue weighted by Gasteiger charge is 2.14. The quantitative estimate of drug-likeness (QED) is 0.789. The Labute approximate surface area is 118 Å². The lowest BCUT2D eigenvalue weighted by molar-refractivity contribution is 0.417. The molecule has 0 aliphatic carbocycles. The lowest BCUT2D eigenvalue weighted by Crippen LogP contribution is -1.95. The Bertz CT molecular complexity index is 753. The van der Waals surface area contributed by atoms with Crippen molar-refractivity contribution in [2.75, 3.05) is 12.8 Å². The molecular weight excluding hydrogens is 308 g/mol. The van der Waals surface area contributed by atoms with Crippen LogP contribution in [-0.2, 0) is 0 Å². The van der Waals surface area contributed by atoms with Gasteiger partial charge in [0.25, 0.3) is 0 Å². The molecule has 0 unspecified atom stereocenters. The molecule has 0 saturated carbocycles. The van der Waals surface area contributed by atoms with Gasteiger partial charge in [-0.25, -0.2) is 4.98 Å². The first kappa shape index (κ1) is 12.0. The standard InChI is InChI=1S/C13H11BrN4O/c1-19-10-3-2-4-18-12(15)11(17-13(10)18)8-5-9(14)7-16-6-8/h2-7H,15H2,1H3. The highest BCUT2D eigenvalue weighted by atomic mass is 79.9. The second-order valence-corrected chi connectivity index (χ2v) is 4.92. The molecule has 19 heavy (non-hydrogen) atoms. The number of anilines is 1. The fourth-order valence-electron chi connectivity index (χ4n) is 1.97. The topological polar surface area (TPSA) is 65.4 Å². The van der Waals surface area contributed by atoms with Crippen LogP contribution in [0.2, 0.25) is 0 Å². The van der Waals surface area contributed by atoms with E-state index in [0.29, 0.717) is 22.9 Å². The van der Waals surface area contributed by atoms with Crippen molar-refractivity contribution < 1.29 is 4.74 Å². The molecule has 2 N–H and O–H groups in total. The van der Waals surface area contributed by atoms with Gasteiger partial charge >= 0.3 is 0 Å². The number of aromatic nitrogens is 3. The van der Waals surface area contributed by atoms with Crippen LogP contribution in [0.15, 0.2) is 41.3 Å². The number of halogens is 1. The van der Waals surface area contributed by atoms with Crippen LogP contribution in [0.25, 0.3) is 16.9 Å². The molecule has 0 radical (unpaired) electrons. The van der Waals surface area contributed by atoms with E-state index in [1.165, 1.54) is 0 Å². The summed E-state index contributed by atoms with van der Waals surface area (Å²) in [5, 5.41) is 0. The zero-order valence-electron chi connectivity index (χ0n) is 10.2. The van der Waals surface area contributed by atoms with E-state index in [4.69, 9.17) is 10.5 Å². The van der Waals surface area contributed by atoms with Crippen LogP contribution in [0.1, 0.15) is 0 Å². The van der Waals surface area contributed by atoms with Gasteiger partial charge in [-0.2, -0.15) is 0 Å². The fourth-order valence-corrected chi connectivity index (χ4v) is 2.34. The Morgan fingerprint density at radius 1 is 1.37 bits per heavy atom. The maximum absolute atomic E-state index is 6.15. The lowest BCUT2D eigenvalue weighted by atomic mass is 10.2. The third-order valence-corrected chi connectivity index (χ3v) is 3.28. The van der Waals surface area contributed by atoms with E-state index in [1.807, 2.05) is 24.4 Å². The largest absolute Gasteiger partial charge is 0.493 e. The summed E-state index contributed by atoms with van der Waals surface area (Å²) in [5.74, 6) is 1.25. The molecule has 3 heterocycles. The van der Waals surface area contributed by atoms with Gasteiger partial charge in [0.05, 0.1) is 7.11 Å². The first-order valence-corrected chi connectivity index (χ1v) is 6.41. The average molecular weight is 319 g/mol. The second-order valence-electron chi connectivity index (χ2n) is 4.01. The van der Waals surface area contributed by atoms with Gasteiger partial charge in [-0.15, -0.1) is 0 Å². The van der Waals surface area contributed by atoms with Gasteiger partial charge in [0.15, 0.2) is 11.4 Å². The molecular formula is C13H11BrN4O. The molecule has 96 valence electrons. The SMILES string of the molecule is COc1cccn2c(N)c(-c3cncc(Br)c3)nc12.